The Morgan fingerprint density at radius 2 is 1.83 bits per heavy atom. The summed E-state index contributed by atoms with van der Waals surface area (Å²) in [6.07, 6.45) is 5.75. The second kappa shape index (κ2) is 4.93. The van der Waals surface area contributed by atoms with Gasteiger partial charge < -0.3 is 15.3 Å². The topological polar surface area (TPSA) is 60.7 Å². The molecular weight excluding hydrogens is 288 g/mol. The van der Waals surface area contributed by atoms with Crippen LogP contribution in [-0.2, 0) is 0 Å². The predicted molar refractivity (Wildman–Crippen MR) is 91.9 cm³/mol. The molecule has 2 unspecified atom stereocenters. The standard InChI is InChI=1S/C20H32O3/c1-13(2)19(22)10-9-17(4)12-20(23)14(3)7-6-8-18(20,5)16(21)11-15(17)19/h11,13,16,21-23H,3,6-10,12H2,1-2,4-5H3/t16?,17-,18?,19+,20+/m1/s1. The maximum Gasteiger partial charge on any atom is 0.0943 e. The first-order chi connectivity index (χ1) is 10.5. The zero-order valence-corrected chi connectivity index (χ0v) is 15.0. The summed E-state index contributed by atoms with van der Waals surface area (Å²) >= 11 is 0. The van der Waals surface area contributed by atoms with Gasteiger partial charge in [-0.25, -0.2) is 0 Å². The molecule has 23 heavy (non-hydrogen) atoms. The minimum absolute atomic E-state index is 0.0913. The van der Waals surface area contributed by atoms with E-state index >= 15 is 0 Å². The van der Waals surface area contributed by atoms with Gasteiger partial charge in [-0.1, -0.05) is 40.3 Å². The molecule has 0 aromatic carbocycles. The minimum atomic E-state index is -1.07. The van der Waals surface area contributed by atoms with Crippen molar-refractivity contribution in [2.24, 2.45) is 16.7 Å². The van der Waals surface area contributed by atoms with E-state index in [0.29, 0.717) is 12.8 Å². The van der Waals surface area contributed by atoms with Crippen LogP contribution < -0.4 is 0 Å². The van der Waals surface area contributed by atoms with Crippen LogP contribution in [0.5, 0.6) is 0 Å². The summed E-state index contributed by atoms with van der Waals surface area (Å²) in [6, 6.07) is 0. The fraction of sp³-hybridized carbons (Fsp3) is 0.800. The lowest BCUT2D eigenvalue weighted by atomic mass is 9.56. The van der Waals surface area contributed by atoms with Crippen molar-refractivity contribution >= 4 is 0 Å². The van der Waals surface area contributed by atoms with Crippen LogP contribution in [-0.4, -0.2) is 32.6 Å². The number of fused-ring (bicyclic) bond motifs is 2. The molecule has 0 heterocycles. The van der Waals surface area contributed by atoms with Gasteiger partial charge >= 0.3 is 0 Å². The molecule has 0 aromatic rings. The van der Waals surface area contributed by atoms with Crippen LogP contribution in [0, 0.1) is 16.7 Å². The molecule has 0 radical (unpaired) electrons. The Balaban J connectivity index is 2.16. The highest BCUT2D eigenvalue weighted by molar-refractivity contribution is 5.39. The highest BCUT2D eigenvalue weighted by Gasteiger charge is 2.62. The Kier molecular flexibility index (Phi) is 3.69. The maximum atomic E-state index is 11.6. The Hall–Kier alpha value is -0.640. The lowest BCUT2D eigenvalue weighted by Gasteiger charge is -2.52. The fourth-order valence-electron chi connectivity index (χ4n) is 5.50. The van der Waals surface area contributed by atoms with Crippen molar-refractivity contribution in [3.8, 4) is 0 Å². The van der Waals surface area contributed by atoms with Crippen molar-refractivity contribution in [1.82, 2.24) is 0 Å². The number of hydrogen-bond acceptors (Lipinski definition) is 3. The molecule has 130 valence electrons. The van der Waals surface area contributed by atoms with Crippen LogP contribution in [0.15, 0.2) is 23.8 Å². The first kappa shape index (κ1) is 17.2. The van der Waals surface area contributed by atoms with Crippen LogP contribution in [0.1, 0.15) is 66.2 Å². The number of hydrogen-bond donors (Lipinski definition) is 3. The van der Waals surface area contributed by atoms with E-state index in [1.54, 1.807) is 0 Å². The monoisotopic (exact) mass is 320 g/mol. The van der Waals surface area contributed by atoms with E-state index in [1.165, 1.54) is 0 Å². The van der Waals surface area contributed by atoms with Crippen LogP contribution in [0.4, 0.5) is 0 Å². The van der Waals surface area contributed by atoms with E-state index < -0.39 is 22.7 Å². The molecule has 3 rings (SSSR count). The molecule has 2 saturated carbocycles. The smallest absolute Gasteiger partial charge is 0.0943 e. The van der Waals surface area contributed by atoms with Gasteiger partial charge in [0.1, 0.15) is 0 Å². The summed E-state index contributed by atoms with van der Waals surface area (Å²) < 4.78 is 0. The molecule has 3 aliphatic rings. The molecule has 3 aliphatic carbocycles. The van der Waals surface area contributed by atoms with Crippen molar-refractivity contribution in [2.45, 2.75) is 83.5 Å². The molecule has 0 saturated heterocycles. The molecule has 5 atom stereocenters. The number of rotatable bonds is 1. The van der Waals surface area contributed by atoms with Gasteiger partial charge in [0.2, 0.25) is 0 Å². The zero-order valence-electron chi connectivity index (χ0n) is 15.0. The third-order valence-electron chi connectivity index (χ3n) is 7.46. The highest BCUT2D eigenvalue weighted by atomic mass is 16.3. The number of aliphatic hydroxyl groups is 3. The van der Waals surface area contributed by atoms with Crippen molar-refractivity contribution in [3.05, 3.63) is 23.8 Å². The Bertz CT molecular complexity index is 565. The van der Waals surface area contributed by atoms with Gasteiger partial charge in [0.25, 0.3) is 0 Å². The second-order valence-electron chi connectivity index (χ2n) is 9.08. The molecule has 3 N–H and O–H groups in total. The largest absolute Gasteiger partial charge is 0.388 e. The van der Waals surface area contributed by atoms with Gasteiger partial charge in [-0.05, 0) is 61.0 Å². The Morgan fingerprint density at radius 3 is 2.43 bits per heavy atom. The van der Waals surface area contributed by atoms with Crippen LogP contribution in [0.3, 0.4) is 0 Å². The van der Waals surface area contributed by atoms with Gasteiger partial charge in [-0.2, -0.15) is 0 Å². The van der Waals surface area contributed by atoms with Gasteiger partial charge in [0.05, 0.1) is 17.3 Å². The third kappa shape index (κ3) is 2.06. The van der Waals surface area contributed by atoms with E-state index in [2.05, 4.69) is 13.5 Å². The molecule has 3 nitrogen and oxygen atoms in total. The molecule has 0 aliphatic heterocycles. The minimum Gasteiger partial charge on any atom is -0.388 e. The van der Waals surface area contributed by atoms with Crippen molar-refractivity contribution in [1.29, 1.82) is 0 Å². The summed E-state index contributed by atoms with van der Waals surface area (Å²) in [4.78, 5) is 0. The van der Waals surface area contributed by atoms with Crippen LogP contribution in [0.25, 0.3) is 0 Å². The highest BCUT2D eigenvalue weighted by Crippen LogP contribution is 2.63. The Labute approximate surface area is 140 Å². The van der Waals surface area contributed by atoms with Crippen molar-refractivity contribution < 1.29 is 15.3 Å². The third-order valence-corrected chi connectivity index (χ3v) is 7.46. The predicted octanol–water partition coefficient (Wildman–Crippen LogP) is 3.34. The molecule has 3 heteroatoms. The summed E-state index contributed by atoms with van der Waals surface area (Å²) in [5.41, 5.74) is -1.07. The summed E-state index contributed by atoms with van der Waals surface area (Å²) in [5, 5.41) is 33.9. The Morgan fingerprint density at radius 1 is 1.17 bits per heavy atom. The normalized spacial score (nSPS) is 50.3. The molecular formula is C20H32O3. The summed E-state index contributed by atoms with van der Waals surface area (Å²) in [5.74, 6) is 0.0913. The van der Waals surface area contributed by atoms with E-state index in [0.717, 1.165) is 36.8 Å². The first-order valence-corrected chi connectivity index (χ1v) is 9.03. The van der Waals surface area contributed by atoms with E-state index in [1.807, 2.05) is 26.8 Å². The maximum absolute atomic E-state index is 11.6. The molecule has 2 fully saturated rings. The van der Waals surface area contributed by atoms with Crippen LogP contribution in [0.2, 0.25) is 0 Å². The first-order valence-electron chi connectivity index (χ1n) is 9.03. The van der Waals surface area contributed by atoms with Gasteiger partial charge in [0.15, 0.2) is 0 Å². The molecule has 0 amide bonds. The quantitative estimate of drug-likeness (QED) is 0.649. The van der Waals surface area contributed by atoms with Crippen LogP contribution >= 0.6 is 0 Å². The lowest BCUT2D eigenvalue weighted by molar-refractivity contribution is -0.126. The molecule has 0 aromatic heterocycles. The average molecular weight is 320 g/mol. The van der Waals surface area contributed by atoms with Gasteiger partial charge in [0, 0.05) is 5.41 Å². The average Bonchev–Trinajstić information content (AvgIpc) is 2.67. The summed E-state index contributed by atoms with van der Waals surface area (Å²) in [7, 11) is 0. The van der Waals surface area contributed by atoms with E-state index in [9.17, 15) is 15.3 Å². The number of aliphatic hydroxyl groups excluding tert-OH is 1. The molecule has 0 bridgehead atoms. The van der Waals surface area contributed by atoms with E-state index in [-0.39, 0.29) is 11.3 Å². The van der Waals surface area contributed by atoms with Crippen molar-refractivity contribution in [3.63, 3.8) is 0 Å². The molecule has 0 spiro atoms. The zero-order chi connectivity index (χ0) is 17.3. The van der Waals surface area contributed by atoms with Gasteiger partial charge in [-0.15, -0.1) is 0 Å². The second-order valence-corrected chi connectivity index (χ2v) is 9.08. The SMILES string of the molecule is C=C1CCCC2(C)C(O)C=C3[C@](C)(CC[C@]3(O)C(C)C)C[C@]12O. The van der Waals surface area contributed by atoms with E-state index in [4.69, 9.17) is 0 Å². The van der Waals surface area contributed by atoms with Gasteiger partial charge in [-0.3, -0.25) is 0 Å². The van der Waals surface area contributed by atoms with Crippen molar-refractivity contribution in [2.75, 3.05) is 0 Å². The fourth-order valence-corrected chi connectivity index (χ4v) is 5.50. The summed E-state index contributed by atoms with van der Waals surface area (Å²) in [6.45, 7) is 12.4. The lowest BCUT2D eigenvalue weighted by Crippen LogP contribution is -2.56.